The van der Waals surface area contributed by atoms with E-state index < -0.39 is 40.9 Å². The molecule has 0 atom stereocenters. The first-order chi connectivity index (χ1) is 16.8. The number of halogens is 4. The molecule has 1 aliphatic carbocycles. The zero-order valence-corrected chi connectivity index (χ0v) is 19.5. The fraction of sp³-hybridized carbons (Fsp3) is 0.321. The van der Waals surface area contributed by atoms with E-state index in [-0.39, 0.29) is 29.4 Å². The standard InChI is InChI=1S/C28H26F4O3/c1-3-34-22-14-12-20(24(29)26(22)31)18-8-10-19(11-9-18)28(33)35-23-15-13-21(25(30)27(23)32)17-6-4-16(2)5-7-17/h4-7,12-15,18-19H,3,8-11H2,1-2H3. The lowest BCUT2D eigenvalue weighted by molar-refractivity contribution is -0.140. The van der Waals surface area contributed by atoms with Crippen LogP contribution in [-0.2, 0) is 4.79 Å². The Balaban J connectivity index is 1.41. The van der Waals surface area contributed by atoms with E-state index in [4.69, 9.17) is 9.47 Å². The molecule has 7 heteroatoms. The fourth-order valence-electron chi connectivity index (χ4n) is 4.53. The molecule has 0 aliphatic heterocycles. The molecule has 0 heterocycles. The van der Waals surface area contributed by atoms with Crippen LogP contribution in [0.5, 0.6) is 11.5 Å². The lowest BCUT2D eigenvalue weighted by Gasteiger charge is -2.28. The molecule has 0 unspecified atom stereocenters. The van der Waals surface area contributed by atoms with Gasteiger partial charge in [-0.15, -0.1) is 0 Å². The van der Waals surface area contributed by atoms with Crippen molar-refractivity contribution in [2.45, 2.75) is 45.4 Å². The van der Waals surface area contributed by atoms with Gasteiger partial charge in [-0.25, -0.2) is 8.78 Å². The van der Waals surface area contributed by atoms with Crippen LogP contribution in [0.25, 0.3) is 11.1 Å². The average molecular weight is 487 g/mol. The molecule has 0 spiro atoms. The number of rotatable bonds is 6. The van der Waals surface area contributed by atoms with Crippen molar-refractivity contribution in [3.8, 4) is 22.6 Å². The number of esters is 1. The van der Waals surface area contributed by atoms with Gasteiger partial charge in [-0.05, 0) is 74.8 Å². The summed E-state index contributed by atoms with van der Waals surface area (Å²) in [4.78, 5) is 12.6. The molecular weight excluding hydrogens is 460 g/mol. The summed E-state index contributed by atoms with van der Waals surface area (Å²) in [6.07, 6.45) is 1.60. The summed E-state index contributed by atoms with van der Waals surface area (Å²) in [6, 6.07) is 12.5. The molecular formula is C28H26F4O3. The molecule has 0 radical (unpaired) electrons. The van der Waals surface area contributed by atoms with Crippen LogP contribution < -0.4 is 9.47 Å². The second-order valence-corrected chi connectivity index (χ2v) is 8.79. The van der Waals surface area contributed by atoms with Crippen molar-refractivity contribution in [1.29, 1.82) is 0 Å². The minimum Gasteiger partial charge on any atom is -0.491 e. The molecule has 35 heavy (non-hydrogen) atoms. The predicted octanol–water partition coefficient (Wildman–Crippen LogP) is 7.50. The van der Waals surface area contributed by atoms with Crippen molar-refractivity contribution in [3.05, 3.63) is 82.9 Å². The number of carbonyl (C=O) groups excluding carboxylic acids is 1. The first-order valence-electron chi connectivity index (χ1n) is 11.7. The molecule has 0 bridgehead atoms. The molecule has 0 saturated heterocycles. The normalized spacial score (nSPS) is 17.8. The van der Waals surface area contributed by atoms with Crippen molar-refractivity contribution in [2.24, 2.45) is 5.92 Å². The summed E-state index contributed by atoms with van der Waals surface area (Å²) < 4.78 is 68.4. The van der Waals surface area contributed by atoms with Gasteiger partial charge in [0.2, 0.25) is 11.6 Å². The third-order valence-corrected chi connectivity index (χ3v) is 6.50. The maximum Gasteiger partial charge on any atom is 0.314 e. The van der Waals surface area contributed by atoms with Gasteiger partial charge in [-0.1, -0.05) is 35.9 Å². The molecule has 0 N–H and O–H groups in total. The number of aryl methyl sites for hydroxylation is 1. The van der Waals surface area contributed by atoms with Crippen LogP contribution in [0.15, 0.2) is 48.5 Å². The third kappa shape index (κ3) is 5.19. The van der Waals surface area contributed by atoms with Gasteiger partial charge in [0, 0.05) is 5.56 Å². The Kier molecular flexibility index (Phi) is 7.43. The van der Waals surface area contributed by atoms with E-state index in [0.717, 1.165) is 5.56 Å². The highest BCUT2D eigenvalue weighted by Crippen LogP contribution is 2.39. The molecule has 3 aromatic rings. The Bertz CT molecular complexity index is 1220. The summed E-state index contributed by atoms with van der Waals surface area (Å²) in [6.45, 7) is 3.80. The predicted molar refractivity (Wildman–Crippen MR) is 124 cm³/mol. The van der Waals surface area contributed by atoms with E-state index in [1.165, 1.54) is 24.3 Å². The van der Waals surface area contributed by atoms with Crippen LogP contribution in [0, 0.1) is 36.1 Å². The van der Waals surface area contributed by atoms with E-state index >= 15 is 0 Å². The highest BCUT2D eigenvalue weighted by molar-refractivity contribution is 5.76. The fourth-order valence-corrected chi connectivity index (χ4v) is 4.53. The molecule has 3 nitrogen and oxygen atoms in total. The van der Waals surface area contributed by atoms with Crippen LogP contribution in [0.1, 0.15) is 49.7 Å². The lowest BCUT2D eigenvalue weighted by Crippen LogP contribution is -2.26. The summed E-state index contributed by atoms with van der Waals surface area (Å²) in [5.41, 5.74) is 1.83. The van der Waals surface area contributed by atoms with Gasteiger partial charge in [0.15, 0.2) is 23.1 Å². The van der Waals surface area contributed by atoms with Gasteiger partial charge in [-0.3, -0.25) is 4.79 Å². The van der Waals surface area contributed by atoms with Gasteiger partial charge in [0.25, 0.3) is 0 Å². The maximum absolute atomic E-state index is 14.7. The number of carbonyl (C=O) groups is 1. The minimum atomic E-state index is -1.22. The molecule has 1 aliphatic rings. The second-order valence-electron chi connectivity index (χ2n) is 8.79. The Morgan fingerprint density at radius 3 is 2.09 bits per heavy atom. The van der Waals surface area contributed by atoms with Crippen LogP contribution in [0.3, 0.4) is 0 Å². The van der Waals surface area contributed by atoms with Gasteiger partial charge in [-0.2, -0.15) is 8.78 Å². The van der Waals surface area contributed by atoms with Crippen molar-refractivity contribution < 1.29 is 31.8 Å². The van der Waals surface area contributed by atoms with Crippen molar-refractivity contribution in [3.63, 3.8) is 0 Å². The molecule has 3 aromatic carbocycles. The van der Waals surface area contributed by atoms with Crippen LogP contribution >= 0.6 is 0 Å². The second kappa shape index (κ2) is 10.5. The molecule has 1 fully saturated rings. The number of hydrogen-bond donors (Lipinski definition) is 0. The average Bonchev–Trinajstić information content (AvgIpc) is 2.86. The van der Waals surface area contributed by atoms with Crippen LogP contribution in [-0.4, -0.2) is 12.6 Å². The van der Waals surface area contributed by atoms with E-state index in [9.17, 15) is 22.4 Å². The van der Waals surface area contributed by atoms with E-state index in [2.05, 4.69) is 0 Å². The molecule has 0 amide bonds. The Hall–Kier alpha value is -3.35. The van der Waals surface area contributed by atoms with Crippen molar-refractivity contribution in [2.75, 3.05) is 6.61 Å². The topological polar surface area (TPSA) is 35.5 Å². The lowest BCUT2D eigenvalue weighted by atomic mass is 9.78. The number of hydrogen-bond acceptors (Lipinski definition) is 3. The van der Waals surface area contributed by atoms with Gasteiger partial charge in [0.05, 0.1) is 12.5 Å². The Morgan fingerprint density at radius 1 is 0.800 bits per heavy atom. The number of ether oxygens (including phenoxy) is 2. The largest absolute Gasteiger partial charge is 0.491 e. The van der Waals surface area contributed by atoms with Gasteiger partial charge in [0.1, 0.15) is 0 Å². The van der Waals surface area contributed by atoms with Gasteiger partial charge < -0.3 is 9.47 Å². The summed E-state index contributed by atoms with van der Waals surface area (Å²) in [5, 5.41) is 0. The quantitative estimate of drug-likeness (QED) is 0.206. The van der Waals surface area contributed by atoms with E-state index in [0.29, 0.717) is 31.2 Å². The highest BCUT2D eigenvalue weighted by atomic mass is 19.2. The summed E-state index contributed by atoms with van der Waals surface area (Å²) in [5.74, 6) is -6.33. The van der Waals surface area contributed by atoms with Crippen molar-refractivity contribution in [1.82, 2.24) is 0 Å². The van der Waals surface area contributed by atoms with E-state index in [1.807, 2.05) is 6.92 Å². The Morgan fingerprint density at radius 2 is 1.43 bits per heavy atom. The van der Waals surface area contributed by atoms with Crippen LogP contribution in [0.4, 0.5) is 17.6 Å². The molecule has 0 aromatic heterocycles. The highest BCUT2D eigenvalue weighted by Gasteiger charge is 2.31. The number of benzene rings is 3. The van der Waals surface area contributed by atoms with E-state index in [1.54, 1.807) is 31.2 Å². The summed E-state index contributed by atoms with van der Waals surface area (Å²) in [7, 11) is 0. The van der Waals surface area contributed by atoms with Crippen LogP contribution in [0.2, 0.25) is 0 Å². The smallest absolute Gasteiger partial charge is 0.314 e. The maximum atomic E-state index is 14.7. The molecule has 1 saturated carbocycles. The first kappa shape index (κ1) is 24.8. The Labute approximate surface area is 201 Å². The zero-order chi connectivity index (χ0) is 25.1. The SMILES string of the molecule is CCOc1ccc(C2CCC(C(=O)Oc3ccc(-c4ccc(C)cc4)c(F)c3F)CC2)c(F)c1F. The van der Waals surface area contributed by atoms with Crippen molar-refractivity contribution >= 4 is 5.97 Å². The monoisotopic (exact) mass is 486 g/mol. The third-order valence-electron chi connectivity index (χ3n) is 6.50. The zero-order valence-electron chi connectivity index (χ0n) is 19.5. The van der Waals surface area contributed by atoms with Gasteiger partial charge >= 0.3 is 5.97 Å². The molecule has 184 valence electrons. The minimum absolute atomic E-state index is 0.0763. The summed E-state index contributed by atoms with van der Waals surface area (Å²) >= 11 is 0. The molecule has 4 rings (SSSR count). The first-order valence-corrected chi connectivity index (χ1v) is 11.7.